The van der Waals surface area contributed by atoms with Crippen molar-refractivity contribution in [1.29, 1.82) is 0 Å². The van der Waals surface area contributed by atoms with E-state index < -0.39 is 0 Å². The first kappa shape index (κ1) is 15.5. The van der Waals surface area contributed by atoms with Crippen LogP contribution < -0.4 is 16.6 Å². The summed E-state index contributed by atoms with van der Waals surface area (Å²) >= 11 is 6.16. The van der Waals surface area contributed by atoms with E-state index >= 15 is 0 Å². The van der Waals surface area contributed by atoms with Gasteiger partial charge in [0.1, 0.15) is 17.5 Å². The van der Waals surface area contributed by atoms with Crippen LogP contribution in [0, 0.1) is 6.92 Å². The van der Waals surface area contributed by atoms with Gasteiger partial charge in [0.25, 0.3) is 0 Å². The number of hydrazine groups is 1. The summed E-state index contributed by atoms with van der Waals surface area (Å²) in [6.07, 6.45) is 1.80. The lowest BCUT2D eigenvalue weighted by molar-refractivity contribution is 0.830. The molecule has 0 aliphatic heterocycles. The number of halogens is 1. The van der Waals surface area contributed by atoms with Crippen LogP contribution in [0.4, 0.5) is 11.6 Å². The first-order chi connectivity index (χ1) is 10.2. The Hall–Kier alpha value is -1.85. The summed E-state index contributed by atoms with van der Waals surface area (Å²) in [6.45, 7) is 4.63. The van der Waals surface area contributed by atoms with Crippen LogP contribution in [-0.2, 0) is 13.0 Å². The van der Waals surface area contributed by atoms with Crippen LogP contribution in [0.5, 0.6) is 0 Å². The maximum Gasteiger partial charge on any atom is 0.148 e. The Morgan fingerprint density at radius 1 is 1.19 bits per heavy atom. The lowest BCUT2D eigenvalue weighted by atomic mass is 10.2. The van der Waals surface area contributed by atoms with Gasteiger partial charge < -0.3 is 10.7 Å². The standard InChI is InChI=1S/C15H20ClN5/c1-3-6-13-19-14(10(2)15(20-13)21-17)18-9-11-7-4-5-8-12(11)16/h4-5,7-8H,3,6,9,17H2,1-2H3,(H2,18,19,20,21). The average Bonchev–Trinajstić information content (AvgIpc) is 2.49. The smallest absolute Gasteiger partial charge is 0.148 e. The Morgan fingerprint density at radius 3 is 2.57 bits per heavy atom. The van der Waals surface area contributed by atoms with Gasteiger partial charge in [-0.1, -0.05) is 36.7 Å². The predicted octanol–water partition coefficient (Wildman–Crippen LogP) is 3.29. The van der Waals surface area contributed by atoms with E-state index in [0.717, 1.165) is 40.6 Å². The molecule has 6 heteroatoms. The van der Waals surface area contributed by atoms with Crippen LogP contribution in [-0.4, -0.2) is 9.97 Å². The van der Waals surface area contributed by atoms with Gasteiger partial charge in [-0.2, -0.15) is 0 Å². The second-order valence-electron chi connectivity index (χ2n) is 4.80. The van der Waals surface area contributed by atoms with Crippen molar-refractivity contribution in [3.05, 3.63) is 46.2 Å². The second kappa shape index (κ2) is 7.24. The molecule has 4 N–H and O–H groups in total. The molecule has 0 saturated carbocycles. The van der Waals surface area contributed by atoms with E-state index in [9.17, 15) is 0 Å². The molecule has 2 rings (SSSR count). The van der Waals surface area contributed by atoms with Gasteiger partial charge in [-0.15, -0.1) is 0 Å². The molecule has 0 aliphatic carbocycles. The van der Waals surface area contributed by atoms with Crippen molar-refractivity contribution in [3.63, 3.8) is 0 Å². The average molecular weight is 306 g/mol. The number of rotatable bonds is 6. The largest absolute Gasteiger partial charge is 0.366 e. The van der Waals surface area contributed by atoms with Gasteiger partial charge in [0.2, 0.25) is 0 Å². The summed E-state index contributed by atoms with van der Waals surface area (Å²) in [4.78, 5) is 8.95. The van der Waals surface area contributed by atoms with Crippen LogP contribution in [0.25, 0.3) is 0 Å². The predicted molar refractivity (Wildman–Crippen MR) is 87.4 cm³/mol. The van der Waals surface area contributed by atoms with Crippen molar-refractivity contribution in [2.45, 2.75) is 33.2 Å². The van der Waals surface area contributed by atoms with Gasteiger partial charge in [-0.05, 0) is 25.0 Å². The molecule has 0 aliphatic rings. The van der Waals surface area contributed by atoms with Gasteiger partial charge >= 0.3 is 0 Å². The Kier molecular flexibility index (Phi) is 5.36. The molecule has 5 nitrogen and oxygen atoms in total. The van der Waals surface area contributed by atoms with Gasteiger partial charge in [-0.25, -0.2) is 15.8 Å². The normalized spacial score (nSPS) is 10.5. The number of nitrogens with zero attached hydrogens (tertiary/aromatic N) is 2. The number of anilines is 2. The molecule has 0 radical (unpaired) electrons. The lowest BCUT2D eigenvalue weighted by Crippen LogP contribution is -2.15. The number of nitrogens with one attached hydrogen (secondary N) is 2. The van der Waals surface area contributed by atoms with Gasteiger partial charge in [0, 0.05) is 23.6 Å². The second-order valence-corrected chi connectivity index (χ2v) is 5.21. The van der Waals surface area contributed by atoms with Crippen molar-refractivity contribution in [1.82, 2.24) is 9.97 Å². The fraction of sp³-hybridized carbons (Fsp3) is 0.333. The number of nitrogen functional groups attached to an aromatic ring is 1. The van der Waals surface area contributed by atoms with Gasteiger partial charge in [0.15, 0.2) is 0 Å². The third kappa shape index (κ3) is 3.83. The maximum absolute atomic E-state index is 6.16. The molecule has 0 amide bonds. The van der Waals surface area contributed by atoms with Gasteiger partial charge in [-0.3, -0.25) is 0 Å². The van der Waals surface area contributed by atoms with E-state index in [0.29, 0.717) is 12.4 Å². The van der Waals surface area contributed by atoms with E-state index in [4.69, 9.17) is 17.4 Å². The molecule has 1 aromatic heterocycles. The van der Waals surface area contributed by atoms with Crippen molar-refractivity contribution in [3.8, 4) is 0 Å². The van der Waals surface area contributed by atoms with Crippen LogP contribution in [0.15, 0.2) is 24.3 Å². The summed E-state index contributed by atoms with van der Waals surface area (Å²) in [5, 5.41) is 4.05. The quantitative estimate of drug-likeness (QED) is 0.564. The molecule has 0 spiro atoms. The summed E-state index contributed by atoms with van der Waals surface area (Å²) in [5.74, 6) is 7.73. The molecule has 0 unspecified atom stereocenters. The van der Waals surface area contributed by atoms with E-state index in [1.807, 2.05) is 31.2 Å². The SMILES string of the molecule is CCCc1nc(NN)c(C)c(NCc2ccccc2Cl)n1. The maximum atomic E-state index is 6.16. The summed E-state index contributed by atoms with van der Waals surface area (Å²) in [6, 6.07) is 7.74. The number of benzene rings is 1. The molecule has 21 heavy (non-hydrogen) atoms. The Bertz CT molecular complexity index is 615. The summed E-state index contributed by atoms with van der Waals surface area (Å²) in [7, 11) is 0. The number of hydrogen-bond donors (Lipinski definition) is 3. The van der Waals surface area contributed by atoms with Crippen LogP contribution in [0.3, 0.4) is 0 Å². The highest BCUT2D eigenvalue weighted by molar-refractivity contribution is 6.31. The van der Waals surface area contributed by atoms with E-state index in [1.165, 1.54) is 0 Å². The third-order valence-electron chi connectivity index (χ3n) is 3.21. The number of aryl methyl sites for hydroxylation is 1. The molecular weight excluding hydrogens is 286 g/mol. The molecule has 1 heterocycles. The summed E-state index contributed by atoms with van der Waals surface area (Å²) in [5.41, 5.74) is 4.54. The van der Waals surface area contributed by atoms with Gasteiger partial charge in [0.05, 0.1) is 0 Å². The molecule has 2 aromatic rings. The highest BCUT2D eigenvalue weighted by atomic mass is 35.5. The molecular formula is C15H20ClN5. The van der Waals surface area contributed by atoms with E-state index in [2.05, 4.69) is 27.6 Å². The first-order valence-corrected chi connectivity index (χ1v) is 7.35. The molecule has 112 valence electrons. The van der Waals surface area contributed by atoms with Crippen LogP contribution in [0.1, 0.15) is 30.3 Å². The van der Waals surface area contributed by atoms with Crippen molar-refractivity contribution < 1.29 is 0 Å². The monoisotopic (exact) mass is 305 g/mol. The Labute approximate surface area is 129 Å². The minimum atomic E-state index is 0.604. The Balaban J connectivity index is 2.22. The number of nitrogens with two attached hydrogens (primary N) is 1. The van der Waals surface area contributed by atoms with E-state index in [-0.39, 0.29) is 0 Å². The van der Waals surface area contributed by atoms with Crippen molar-refractivity contribution >= 4 is 23.2 Å². The summed E-state index contributed by atoms with van der Waals surface area (Å²) < 4.78 is 0. The molecule has 1 aromatic carbocycles. The lowest BCUT2D eigenvalue weighted by Gasteiger charge is -2.14. The Morgan fingerprint density at radius 2 is 1.90 bits per heavy atom. The minimum Gasteiger partial charge on any atom is -0.366 e. The topological polar surface area (TPSA) is 75.9 Å². The molecule has 0 saturated heterocycles. The fourth-order valence-electron chi connectivity index (χ4n) is 2.03. The first-order valence-electron chi connectivity index (χ1n) is 6.97. The van der Waals surface area contributed by atoms with Crippen molar-refractivity contribution in [2.75, 3.05) is 10.7 Å². The van der Waals surface area contributed by atoms with Crippen LogP contribution in [0.2, 0.25) is 5.02 Å². The number of hydrogen-bond acceptors (Lipinski definition) is 5. The van der Waals surface area contributed by atoms with E-state index in [1.54, 1.807) is 0 Å². The fourth-order valence-corrected chi connectivity index (χ4v) is 2.23. The zero-order valence-electron chi connectivity index (χ0n) is 12.3. The molecule has 0 bridgehead atoms. The molecule has 0 atom stereocenters. The zero-order chi connectivity index (χ0) is 15.2. The highest BCUT2D eigenvalue weighted by Gasteiger charge is 2.10. The zero-order valence-corrected chi connectivity index (χ0v) is 13.0. The number of aromatic nitrogens is 2. The van der Waals surface area contributed by atoms with Crippen molar-refractivity contribution in [2.24, 2.45) is 5.84 Å². The minimum absolute atomic E-state index is 0.604. The highest BCUT2D eigenvalue weighted by Crippen LogP contribution is 2.22. The van der Waals surface area contributed by atoms with Crippen LogP contribution >= 0.6 is 11.6 Å². The molecule has 0 fully saturated rings. The third-order valence-corrected chi connectivity index (χ3v) is 3.58.